The highest BCUT2D eigenvalue weighted by Gasteiger charge is 2.33. The second-order valence-electron chi connectivity index (χ2n) is 6.75. The highest BCUT2D eigenvalue weighted by atomic mass is 16.5. The Labute approximate surface area is 152 Å². The molecule has 0 saturated heterocycles. The number of carbonyl (C=O) groups is 1. The van der Waals surface area contributed by atoms with Gasteiger partial charge >= 0.3 is 0 Å². The molecule has 1 atom stereocenters. The highest BCUT2D eigenvalue weighted by molar-refractivity contribution is 6.26. The quantitative estimate of drug-likeness (QED) is 0.570. The predicted octanol–water partition coefficient (Wildman–Crippen LogP) is 3.77. The third kappa shape index (κ3) is 2.44. The summed E-state index contributed by atoms with van der Waals surface area (Å²) >= 11 is 0. The van der Waals surface area contributed by atoms with Crippen LogP contribution in [0, 0.1) is 0 Å². The van der Waals surface area contributed by atoms with Crippen LogP contribution >= 0.6 is 0 Å². The van der Waals surface area contributed by atoms with Crippen LogP contribution in [0.15, 0.2) is 42.5 Å². The Bertz CT molecular complexity index is 1030. The van der Waals surface area contributed by atoms with E-state index in [2.05, 4.69) is 17.1 Å². The van der Waals surface area contributed by atoms with Gasteiger partial charge in [-0.3, -0.25) is 9.69 Å². The maximum Gasteiger partial charge on any atom is 0.198 e. The van der Waals surface area contributed by atoms with E-state index in [0.29, 0.717) is 16.9 Å². The molecule has 0 radical (unpaired) electrons. The summed E-state index contributed by atoms with van der Waals surface area (Å²) in [5.41, 5.74) is 4.59. The van der Waals surface area contributed by atoms with E-state index in [1.807, 2.05) is 50.5 Å². The molecule has 1 aliphatic carbocycles. The number of ketones is 1. The zero-order valence-corrected chi connectivity index (χ0v) is 15.3. The molecule has 1 unspecified atom stereocenters. The van der Waals surface area contributed by atoms with Crippen LogP contribution in [-0.2, 0) is 0 Å². The Morgan fingerprint density at radius 3 is 2.62 bits per heavy atom. The van der Waals surface area contributed by atoms with E-state index >= 15 is 0 Å². The van der Waals surface area contributed by atoms with E-state index in [4.69, 9.17) is 9.72 Å². The number of carbonyl (C=O) groups excluding carboxylic acids is 1. The number of fused-ring (bicyclic) bond motifs is 4. The molecule has 1 aliphatic rings. The first-order valence-corrected chi connectivity index (χ1v) is 8.60. The second kappa shape index (κ2) is 6.11. The van der Waals surface area contributed by atoms with Gasteiger partial charge in [-0.15, -0.1) is 0 Å². The molecule has 2 aromatic carbocycles. The number of pyridine rings is 1. The van der Waals surface area contributed by atoms with Crippen molar-refractivity contribution >= 4 is 22.4 Å². The van der Waals surface area contributed by atoms with E-state index in [-0.39, 0.29) is 11.9 Å². The number of rotatable bonds is 4. The van der Waals surface area contributed by atoms with Crippen molar-refractivity contribution in [2.45, 2.75) is 13.1 Å². The minimum absolute atomic E-state index is 0.0133. The predicted molar refractivity (Wildman–Crippen MR) is 104 cm³/mol. The largest absolute Gasteiger partial charge is 0.497 e. The molecule has 0 spiro atoms. The molecule has 1 N–H and O–H groups in total. The molecule has 4 rings (SSSR count). The molecule has 0 bridgehead atoms. The van der Waals surface area contributed by atoms with Gasteiger partial charge in [-0.05, 0) is 45.3 Å². The van der Waals surface area contributed by atoms with Gasteiger partial charge in [0, 0.05) is 16.5 Å². The van der Waals surface area contributed by atoms with Gasteiger partial charge < -0.3 is 10.1 Å². The number of nitrogens with zero attached hydrogens (tertiary/aromatic N) is 2. The summed E-state index contributed by atoms with van der Waals surface area (Å²) in [4.78, 5) is 20.1. The second-order valence-corrected chi connectivity index (χ2v) is 6.75. The number of aromatic nitrogens is 1. The number of anilines is 1. The number of nitrogens with one attached hydrogen (secondary N) is 1. The van der Waals surface area contributed by atoms with Crippen LogP contribution in [0.4, 0.5) is 5.69 Å². The first-order valence-electron chi connectivity index (χ1n) is 8.60. The van der Waals surface area contributed by atoms with Gasteiger partial charge in [0.25, 0.3) is 0 Å². The van der Waals surface area contributed by atoms with E-state index in [9.17, 15) is 4.79 Å². The Hall–Kier alpha value is -2.92. The Morgan fingerprint density at radius 2 is 1.88 bits per heavy atom. The van der Waals surface area contributed by atoms with Crippen molar-refractivity contribution in [3.8, 4) is 17.0 Å². The molecule has 5 heteroatoms. The van der Waals surface area contributed by atoms with Crippen LogP contribution in [-0.4, -0.2) is 43.0 Å². The van der Waals surface area contributed by atoms with E-state index in [1.165, 1.54) is 0 Å². The molecule has 132 valence electrons. The molecule has 0 saturated carbocycles. The van der Waals surface area contributed by atoms with E-state index in [1.54, 1.807) is 13.2 Å². The number of hydrogen-bond donors (Lipinski definition) is 1. The molecule has 1 heterocycles. The topological polar surface area (TPSA) is 54.5 Å². The monoisotopic (exact) mass is 347 g/mol. The fourth-order valence-electron chi connectivity index (χ4n) is 3.30. The van der Waals surface area contributed by atoms with Crippen LogP contribution in [0.5, 0.6) is 5.75 Å². The summed E-state index contributed by atoms with van der Waals surface area (Å²) in [5.74, 6) is 0.659. The van der Waals surface area contributed by atoms with Crippen LogP contribution in [0.25, 0.3) is 22.2 Å². The lowest BCUT2D eigenvalue weighted by molar-refractivity contribution is 0.104. The third-order valence-corrected chi connectivity index (χ3v) is 4.97. The average molecular weight is 347 g/mol. The summed E-state index contributed by atoms with van der Waals surface area (Å²) in [7, 11) is 5.61. The third-order valence-electron chi connectivity index (χ3n) is 4.97. The number of hydrogen-bond acceptors (Lipinski definition) is 5. The van der Waals surface area contributed by atoms with Crippen molar-refractivity contribution < 1.29 is 9.53 Å². The Kier molecular flexibility index (Phi) is 3.89. The average Bonchev–Trinajstić information content (AvgIpc) is 2.93. The number of ether oxygens (including phenoxy) is 1. The molecule has 5 nitrogen and oxygen atoms in total. The van der Waals surface area contributed by atoms with Crippen molar-refractivity contribution in [2.24, 2.45) is 0 Å². The molecule has 26 heavy (non-hydrogen) atoms. The lowest BCUT2D eigenvalue weighted by atomic mass is 10.0. The smallest absolute Gasteiger partial charge is 0.198 e. The number of methoxy groups -OCH3 is 1. The van der Waals surface area contributed by atoms with E-state index in [0.717, 1.165) is 27.8 Å². The fourth-order valence-corrected chi connectivity index (χ4v) is 3.30. The van der Waals surface area contributed by atoms with Crippen molar-refractivity contribution in [3.05, 3.63) is 53.6 Å². The summed E-state index contributed by atoms with van der Waals surface area (Å²) in [5, 5.41) is 4.46. The van der Waals surface area contributed by atoms with Gasteiger partial charge in [-0.2, -0.15) is 0 Å². The standard InChI is InChI=1S/C21H21N3O2/c1-12(24(2)3)22-20-15-7-5-6-8-17(15)23-19-14-10-9-13(26-4)11-16(14)21(25)18(19)20/h5-12H,1-4H3,(H,22,23). The highest BCUT2D eigenvalue weighted by Crippen LogP contribution is 2.43. The number of para-hydroxylation sites is 1. The summed E-state index contributed by atoms with van der Waals surface area (Å²) in [6.07, 6.45) is 0.0657. The van der Waals surface area contributed by atoms with Crippen molar-refractivity contribution in [2.75, 3.05) is 26.5 Å². The van der Waals surface area contributed by atoms with Gasteiger partial charge in [0.15, 0.2) is 5.78 Å². The SMILES string of the molecule is COc1ccc2c(c1)C(=O)c1c-2nc2ccccc2c1NC(C)N(C)C. The Balaban J connectivity index is 1.99. The molecule has 0 amide bonds. The van der Waals surface area contributed by atoms with Crippen molar-refractivity contribution in [3.63, 3.8) is 0 Å². The lowest BCUT2D eigenvalue weighted by Crippen LogP contribution is -2.32. The summed E-state index contributed by atoms with van der Waals surface area (Å²) in [6, 6.07) is 13.5. The minimum Gasteiger partial charge on any atom is -0.497 e. The van der Waals surface area contributed by atoms with Crippen molar-refractivity contribution in [1.82, 2.24) is 9.88 Å². The minimum atomic E-state index is -0.0133. The summed E-state index contributed by atoms with van der Waals surface area (Å²) in [6.45, 7) is 2.07. The lowest BCUT2D eigenvalue weighted by Gasteiger charge is -2.24. The van der Waals surface area contributed by atoms with Crippen LogP contribution in [0.2, 0.25) is 0 Å². The fraction of sp³-hybridized carbons (Fsp3) is 0.238. The van der Waals surface area contributed by atoms with Crippen LogP contribution in [0.3, 0.4) is 0 Å². The molecular weight excluding hydrogens is 326 g/mol. The van der Waals surface area contributed by atoms with Gasteiger partial charge in [0.2, 0.25) is 0 Å². The van der Waals surface area contributed by atoms with Gasteiger partial charge in [-0.1, -0.05) is 18.2 Å². The van der Waals surface area contributed by atoms with E-state index < -0.39 is 0 Å². The van der Waals surface area contributed by atoms with Crippen molar-refractivity contribution in [1.29, 1.82) is 0 Å². The van der Waals surface area contributed by atoms with Crippen LogP contribution < -0.4 is 10.1 Å². The van der Waals surface area contributed by atoms with Gasteiger partial charge in [0.1, 0.15) is 5.75 Å². The zero-order valence-electron chi connectivity index (χ0n) is 15.3. The molecule has 3 aromatic rings. The van der Waals surface area contributed by atoms with Gasteiger partial charge in [-0.25, -0.2) is 4.98 Å². The van der Waals surface area contributed by atoms with Crippen LogP contribution in [0.1, 0.15) is 22.8 Å². The maximum atomic E-state index is 13.2. The zero-order chi connectivity index (χ0) is 18.4. The normalized spacial score (nSPS) is 13.7. The molecule has 1 aromatic heterocycles. The van der Waals surface area contributed by atoms with Gasteiger partial charge in [0.05, 0.1) is 35.7 Å². The number of benzene rings is 2. The molecule has 0 fully saturated rings. The molecule has 0 aliphatic heterocycles. The first-order chi connectivity index (χ1) is 12.5. The first kappa shape index (κ1) is 16.5. The summed E-state index contributed by atoms with van der Waals surface area (Å²) < 4.78 is 5.30. The Morgan fingerprint density at radius 1 is 1.12 bits per heavy atom. The maximum absolute atomic E-state index is 13.2. The molecular formula is C21H21N3O2.